The average molecular weight is 229 g/mol. The minimum absolute atomic E-state index is 0.219. The number of carbonyl (C=O) groups excluding carboxylic acids is 1. The van der Waals surface area contributed by atoms with Crippen molar-refractivity contribution in [2.24, 2.45) is 5.73 Å². The van der Waals surface area contributed by atoms with Crippen molar-refractivity contribution in [1.29, 1.82) is 0 Å². The van der Waals surface area contributed by atoms with Gasteiger partial charge in [-0.25, -0.2) is 4.98 Å². The topological polar surface area (TPSA) is 97.3 Å². The molecule has 84 valence electrons. The zero-order chi connectivity index (χ0) is 11.4. The fourth-order valence-corrected chi connectivity index (χ4v) is 1.76. The van der Waals surface area contributed by atoms with Crippen LogP contribution in [0.1, 0.15) is 9.67 Å². The maximum atomic E-state index is 11.6. The molecule has 0 aliphatic heterocycles. The van der Waals surface area contributed by atoms with Crippen LogP contribution in [-0.2, 0) is 0 Å². The number of amides is 1. The van der Waals surface area contributed by atoms with Gasteiger partial charge in [0, 0.05) is 27.2 Å². The molecule has 0 fully saturated rings. The second kappa shape index (κ2) is 4.94. The Morgan fingerprint density at radius 1 is 1.60 bits per heavy atom. The van der Waals surface area contributed by atoms with Gasteiger partial charge in [0.05, 0.1) is 0 Å². The maximum Gasteiger partial charge on any atom is 0.265 e. The maximum absolute atomic E-state index is 11.6. The summed E-state index contributed by atoms with van der Waals surface area (Å²) in [7, 11) is 3.69. The molecule has 1 aromatic heterocycles. The Kier molecular flexibility index (Phi) is 3.87. The van der Waals surface area contributed by atoms with Crippen molar-refractivity contribution in [1.82, 2.24) is 10.3 Å². The van der Waals surface area contributed by atoms with Crippen molar-refractivity contribution < 1.29 is 4.79 Å². The van der Waals surface area contributed by atoms with E-state index in [9.17, 15) is 4.79 Å². The SMILES string of the molecule is CN(C)c1nc(N)c(C(=O)NCCN)s1. The highest BCUT2D eigenvalue weighted by Crippen LogP contribution is 2.26. The molecular weight excluding hydrogens is 214 g/mol. The van der Waals surface area contributed by atoms with Crippen LogP contribution in [0.3, 0.4) is 0 Å². The van der Waals surface area contributed by atoms with Crippen molar-refractivity contribution in [2.75, 3.05) is 37.8 Å². The Labute approximate surface area is 92.3 Å². The third-order valence-electron chi connectivity index (χ3n) is 1.66. The molecule has 0 bridgehead atoms. The van der Waals surface area contributed by atoms with Gasteiger partial charge in [0.15, 0.2) is 5.13 Å². The lowest BCUT2D eigenvalue weighted by Gasteiger charge is -2.05. The van der Waals surface area contributed by atoms with Gasteiger partial charge in [0.25, 0.3) is 5.91 Å². The number of nitrogens with zero attached hydrogens (tertiary/aromatic N) is 2. The molecule has 0 spiro atoms. The molecule has 15 heavy (non-hydrogen) atoms. The van der Waals surface area contributed by atoms with E-state index in [2.05, 4.69) is 10.3 Å². The molecule has 1 aromatic rings. The largest absolute Gasteiger partial charge is 0.382 e. The Balaban J connectivity index is 2.80. The highest BCUT2D eigenvalue weighted by Gasteiger charge is 2.16. The van der Waals surface area contributed by atoms with Crippen LogP contribution in [0.5, 0.6) is 0 Å². The molecule has 1 heterocycles. The number of aromatic nitrogens is 1. The molecule has 0 aliphatic carbocycles. The van der Waals surface area contributed by atoms with E-state index < -0.39 is 0 Å². The lowest BCUT2D eigenvalue weighted by molar-refractivity contribution is 0.0959. The smallest absolute Gasteiger partial charge is 0.265 e. The molecule has 0 saturated heterocycles. The van der Waals surface area contributed by atoms with Gasteiger partial charge in [-0.2, -0.15) is 0 Å². The Morgan fingerprint density at radius 2 is 2.27 bits per heavy atom. The fraction of sp³-hybridized carbons (Fsp3) is 0.500. The van der Waals surface area contributed by atoms with Crippen LogP contribution in [0.25, 0.3) is 0 Å². The molecular formula is C8H15N5OS. The average Bonchev–Trinajstić information content (AvgIpc) is 2.57. The first-order valence-electron chi connectivity index (χ1n) is 4.48. The fourth-order valence-electron chi connectivity index (χ4n) is 0.940. The first-order chi connectivity index (χ1) is 7.06. The van der Waals surface area contributed by atoms with E-state index >= 15 is 0 Å². The molecule has 0 radical (unpaired) electrons. The number of nitrogen functional groups attached to an aromatic ring is 1. The highest BCUT2D eigenvalue weighted by molar-refractivity contribution is 7.18. The Morgan fingerprint density at radius 3 is 2.73 bits per heavy atom. The first kappa shape index (κ1) is 11.7. The van der Waals surface area contributed by atoms with Crippen LogP contribution in [0.15, 0.2) is 0 Å². The number of carbonyl (C=O) groups is 1. The molecule has 0 unspecified atom stereocenters. The van der Waals surface area contributed by atoms with E-state index in [-0.39, 0.29) is 11.7 Å². The number of anilines is 2. The van der Waals surface area contributed by atoms with Gasteiger partial charge in [-0.3, -0.25) is 4.79 Å². The second-order valence-corrected chi connectivity index (χ2v) is 4.13. The van der Waals surface area contributed by atoms with Crippen molar-refractivity contribution in [3.8, 4) is 0 Å². The van der Waals surface area contributed by atoms with Crippen LogP contribution in [0.2, 0.25) is 0 Å². The van der Waals surface area contributed by atoms with Crippen LogP contribution in [-0.4, -0.2) is 38.1 Å². The summed E-state index contributed by atoms with van der Waals surface area (Å²) in [5, 5.41) is 3.36. The minimum atomic E-state index is -0.219. The lowest BCUT2D eigenvalue weighted by atomic mass is 10.4. The predicted octanol–water partition coefficient (Wildman–Crippen LogP) is -0.520. The number of thiazole rings is 1. The molecule has 7 heteroatoms. The molecule has 0 atom stereocenters. The summed E-state index contributed by atoms with van der Waals surface area (Å²) < 4.78 is 0. The number of hydrogen-bond donors (Lipinski definition) is 3. The van der Waals surface area contributed by atoms with Gasteiger partial charge in [0.1, 0.15) is 10.7 Å². The van der Waals surface area contributed by atoms with Gasteiger partial charge in [-0.1, -0.05) is 11.3 Å². The molecule has 0 aromatic carbocycles. The van der Waals surface area contributed by atoms with Crippen molar-refractivity contribution in [3.63, 3.8) is 0 Å². The number of nitrogens with one attached hydrogen (secondary N) is 1. The van der Waals surface area contributed by atoms with Crippen LogP contribution in [0, 0.1) is 0 Å². The Hall–Kier alpha value is -1.34. The van der Waals surface area contributed by atoms with Crippen LogP contribution in [0.4, 0.5) is 10.9 Å². The standard InChI is InChI=1S/C8H15N5OS/c1-13(2)8-12-6(10)5(15-8)7(14)11-4-3-9/h3-4,9-10H2,1-2H3,(H,11,14). The number of nitrogens with two attached hydrogens (primary N) is 2. The van der Waals surface area contributed by atoms with Gasteiger partial charge in [-0.15, -0.1) is 0 Å². The van der Waals surface area contributed by atoms with Gasteiger partial charge in [0.2, 0.25) is 0 Å². The number of rotatable bonds is 4. The second-order valence-electron chi connectivity index (χ2n) is 3.15. The molecule has 5 N–H and O–H groups in total. The van der Waals surface area contributed by atoms with E-state index in [4.69, 9.17) is 11.5 Å². The number of hydrogen-bond acceptors (Lipinski definition) is 6. The lowest BCUT2D eigenvalue weighted by Crippen LogP contribution is -2.28. The predicted molar refractivity (Wildman–Crippen MR) is 62.2 cm³/mol. The van der Waals surface area contributed by atoms with E-state index in [1.165, 1.54) is 11.3 Å². The van der Waals surface area contributed by atoms with Gasteiger partial charge >= 0.3 is 0 Å². The third kappa shape index (κ3) is 2.80. The van der Waals surface area contributed by atoms with E-state index in [0.717, 1.165) is 0 Å². The van der Waals surface area contributed by atoms with E-state index in [0.29, 0.717) is 23.1 Å². The summed E-state index contributed by atoms with van der Waals surface area (Å²) in [6.07, 6.45) is 0. The molecule has 0 aliphatic rings. The van der Waals surface area contributed by atoms with Crippen molar-refractivity contribution in [2.45, 2.75) is 0 Å². The third-order valence-corrected chi connectivity index (χ3v) is 2.90. The van der Waals surface area contributed by atoms with Crippen LogP contribution < -0.4 is 21.7 Å². The molecule has 6 nitrogen and oxygen atoms in total. The summed E-state index contributed by atoms with van der Waals surface area (Å²) in [6, 6.07) is 0. The quantitative estimate of drug-likeness (QED) is 0.645. The molecule has 1 amide bonds. The summed E-state index contributed by atoms with van der Waals surface area (Å²) in [5.74, 6) is 0.0433. The Bertz CT molecular complexity index is 349. The monoisotopic (exact) mass is 229 g/mol. The zero-order valence-electron chi connectivity index (χ0n) is 8.78. The summed E-state index contributed by atoms with van der Waals surface area (Å²) in [4.78, 5) is 17.9. The van der Waals surface area contributed by atoms with Crippen LogP contribution >= 0.6 is 11.3 Å². The molecule has 0 saturated carbocycles. The van der Waals surface area contributed by atoms with Gasteiger partial charge in [-0.05, 0) is 0 Å². The summed E-state index contributed by atoms with van der Waals surface area (Å²) in [6.45, 7) is 0.846. The van der Waals surface area contributed by atoms with Crippen molar-refractivity contribution >= 4 is 28.2 Å². The highest BCUT2D eigenvalue weighted by atomic mass is 32.1. The summed E-state index contributed by atoms with van der Waals surface area (Å²) >= 11 is 1.26. The van der Waals surface area contributed by atoms with Gasteiger partial charge < -0.3 is 21.7 Å². The van der Waals surface area contributed by atoms with Crippen molar-refractivity contribution in [3.05, 3.63) is 4.88 Å². The summed E-state index contributed by atoms with van der Waals surface area (Å²) in [5.41, 5.74) is 10.9. The van der Waals surface area contributed by atoms with E-state index in [1.54, 1.807) is 4.90 Å². The zero-order valence-corrected chi connectivity index (χ0v) is 9.60. The molecule has 1 rings (SSSR count). The normalized spacial score (nSPS) is 10.1. The minimum Gasteiger partial charge on any atom is -0.382 e. The first-order valence-corrected chi connectivity index (χ1v) is 5.29. The van der Waals surface area contributed by atoms with E-state index in [1.807, 2.05) is 14.1 Å².